The van der Waals surface area contributed by atoms with Crippen molar-refractivity contribution in [3.8, 4) is 0 Å². The van der Waals surface area contributed by atoms with Crippen LogP contribution in [0.4, 0.5) is 13.9 Å². The molecule has 0 amide bonds. The van der Waals surface area contributed by atoms with Crippen molar-refractivity contribution in [1.82, 2.24) is 4.98 Å². The monoisotopic (exact) mass is 262 g/mol. The molecule has 17 heavy (non-hydrogen) atoms. The zero-order valence-electron chi connectivity index (χ0n) is 9.62. The molecule has 0 saturated heterocycles. The van der Waals surface area contributed by atoms with E-state index in [0.717, 1.165) is 11.3 Å². The first-order valence-corrected chi connectivity index (χ1v) is 5.80. The van der Waals surface area contributed by atoms with Crippen LogP contribution in [0.3, 0.4) is 0 Å². The lowest BCUT2D eigenvalue weighted by Gasteiger charge is -2.09. The molecule has 1 fully saturated rings. The molecule has 1 aromatic rings. The Bertz CT molecular complexity index is 487. The molecule has 0 radical (unpaired) electrons. The maximum absolute atomic E-state index is 13.4. The Morgan fingerprint density at radius 1 is 1.53 bits per heavy atom. The Kier molecular flexibility index (Phi) is 2.43. The van der Waals surface area contributed by atoms with Gasteiger partial charge in [0, 0.05) is 20.5 Å². The van der Waals surface area contributed by atoms with Gasteiger partial charge in [0.05, 0.1) is 10.6 Å². The minimum Gasteiger partial charge on any atom is -0.480 e. The molecule has 1 saturated carbocycles. The minimum absolute atomic E-state index is 0.165. The molecule has 1 N–H and O–H groups in total. The lowest BCUT2D eigenvalue weighted by molar-refractivity contribution is -0.142. The fourth-order valence-electron chi connectivity index (χ4n) is 1.83. The first-order chi connectivity index (χ1) is 7.72. The first kappa shape index (κ1) is 12.2. The van der Waals surface area contributed by atoms with Gasteiger partial charge < -0.3 is 10.0 Å². The van der Waals surface area contributed by atoms with Gasteiger partial charge in [-0.25, -0.2) is 13.8 Å². The predicted octanol–water partition coefficient (Wildman–Crippen LogP) is 1.88. The Labute approximate surface area is 101 Å². The average Bonchev–Trinajstić information content (AvgIpc) is 2.58. The van der Waals surface area contributed by atoms with Gasteiger partial charge in [0.2, 0.25) is 0 Å². The molecule has 94 valence electrons. The van der Waals surface area contributed by atoms with Gasteiger partial charge in [-0.3, -0.25) is 4.79 Å². The van der Waals surface area contributed by atoms with E-state index in [2.05, 4.69) is 4.98 Å². The topological polar surface area (TPSA) is 53.4 Å². The van der Waals surface area contributed by atoms with Crippen LogP contribution >= 0.6 is 11.3 Å². The number of aliphatic carboxylic acids is 1. The molecule has 0 spiro atoms. The Balaban J connectivity index is 2.50. The number of hydrogen-bond acceptors (Lipinski definition) is 4. The van der Waals surface area contributed by atoms with Crippen LogP contribution < -0.4 is 4.90 Å². The summed E-state index contributed by atoms with van der Waals surface area (Å²) >= 11 is 1.02. The lowest BCUT2D eigenvalue weighted by Crippen LogP contribution is -2.26. The van der Waals surface area contributed by atoms with Crippen molar-refractivity contribution in [3.63, 3.8) is 0 Å². The number of aromatic nitrogens is 1. The Morgan fingerprint density at radius 2 is 2.06 bits per heavy atom. The summed E-state index contributed by atoms with van der Waals surface area (Å²) in [7, 11) is 3.47. The Morgan fingerprint density at radius 3 is 2.35 bits per heavy atom. The number of rotatable bonds is 3. The molecule has 4 nitrogen and oxygen atoms in total. The van der Waals surface area contributed by atoms with Crippen molar-refractivity contribution in [1.29, 1.82) is 0 Å². The van der Waals surface area contributed by atoms with E-state index < -0.39 is 23.7 Å². The lowest BCUT2D eigenvalue weighted by atomic mass is 10.0. The van der Waals surface area contributed by atoms with Crippen molar-refractivity contribution in [2.24, 2.45) is 0 Å². The van der Waals surface area contributed by atoms with E-state index in [4.69, 9.17) is 5.11 Å². The molecule has 0 aliphatic heterocycles. The van der Waals surface area contributed by atoms with Crippen LogP contribution in [0.25, 0.3) is 0 Å². The number of alkyl halides is 2. The van der Waals surface area contributed by atoms with Gasteiger partial charge in [0.25, 0.3) is 5.92 Å². The molecular formula is C10H12F2N2O2S. The summed E-state index contributed by atoms with van der Waals surface area (Å²) in [6.07, 6.45) is -0.634. The maximum Gasteiger partial charge on any atom is 0.321 e. The molecule has 1 aromatic heterocycles. The summed E-state index contributed by atoms with van der Waals surface area (Å²) in [6, 6.07) is 0. The molecule has 1 unspecified atom stereocenters. The SMILES string of the molecule is Cc1nc(N(C)C)sc1C1(C(=O)O)CC1(F)F. The van der Waals surface area contributed by atoms with Crippen LogP contribution in [0.1, 0.15) is 17.0 Å². The van der Waals surface area contributed by atoms with Crippen molar-refractivity contribution in [2.75, 3.05) is 19.0 Å². The first-order valence-electron chi connectivity index (χ1n) is 4.99. The number of aryl methyl sites for hydroxylation is 1. The van der Waals surface area contributed by atoms with E-state index in [1.165, 1.54) is 0 Å². The summed E-state index contributed by atoms with van der Waals surface area (Å²) in [5.74, 6) is -4.64. The second-order valence-electron chi connectivity index (χ2n) is 4.40. The van der Waals surface area contributed by atoms with E-state index in [1.807, 2.05) is 0 Å². The highest BCUT2D eigenvalue weighted by molar-refractivity contribution is 7.16. The molecule has 1 aliphatic rings. The van der Waals surface area contributed by atoms with Crippen molar-refractivity contribution < 1.29 is 18.7 Å². The number of hydrogen-bond donors (Lipinski definition) is 1. The van der Waals surface area contributed by atoms with E-state index in [0.29, 0.717) is 10.8 Å². The standard InChI is InChI=1S/C10H12F2N2O2S/c1-5-6(17-8(13-5)14(2)3)9(7(15)16)4-10(9,11)12/h4H2,1-3H3,(H,15,16). The number of carboxylic acids is 1. The normalized spacial score (nSPS) is 25.7. The van der Waals surface area contributed by atoms with E-state index in [9.17, 15) is 13.6 Å². The van der Waals surface area contributed by atoms with Crippen LogP contribution in [0.15, 0.2) is 0 Å². The van der Waals surface area contributed by atoms with Gasteiger partial charge in [-0.2, -0.15) is 0 Å². The average molecular weight is 262 g/mol. The minimum atomic E-state index is -3.17. The Hall–Kier alpha value is -1.24. The summed E-state index contributed by atoms with van der Waals surface area (Å²) in [5, 5.41) is 9.59. The smallest absolute Gasteiger partial charge is 0.321 e. The summed E-state index contributed by atoms with van der Waals surface area (Å²) in [4.78, 5) is 17.1. The number of halogens is 2. The van der Waals surface area contributed by atoms with Crippen LogP contribution in [0, 0.1) is 6.92 Å². The molecule has 0 aromatic carbocycles. The third-order valence-corrected chi connectivity index (χ3v) is 4.39. The maximum atomic E-state index is 13.4. The third-order valence-electron chi connectivity index (χ3n) is 2.91. The summed E-state index contributed by atoms with van der Waals surface area (Å²) in [5.41, 5.74) is -1.68. The largest absolute Gasteiger partial charge is 0.480 e. The fourth-order valence-corrected chi connectivity index (χ4v) is 3.06. The quantitative estimate of drug-likeness (QED) is 0.903. The second kappa shape index (κ2) is 3.38. The van der Waals surface area contributed by atoms with Crippen molar-refractivity contribution in [2.45, 2.75) is 24.7 Å². The number of anilines is 1. The zero-order valence-corrected chi connectivity index (χ0v) is 10.4. The third kappa shape index (κ3) is 1.52. The molecule has 1 atom stereocenters. The van der Waals surface area contributed by atoms with Gasteiger partial charge in [-0.15, -0.1) is 11.3 Å². The zero-order chi connectivity index (χ0) is 13.0. The van der Waals surface area contributed by atoms with Gasteiger partial charge in [0.1, 0.15) is 0 Å². The predicted molar refractivity (Wildman–Crippen MR) is 60.1 cm³/mol. The summed E-state index contributed by atoms with van der Waals surface area (Å²) < 4.78 is 26.7. The number of thiazole rings is 1. The highest BCUT2D eigenvalue weighted by Crippen LogP contribution is 2.63. The second-order valence-corrected chi connectivity index (χ2v) is 5.37. The van der Waals surface area contributed by atoms with Crippen LogP contribution in [-0.2, 0) is 10.2 Å². The van der Waals surface area contributed by atoms with Gasteiger partial charge >= 0.3 is 5.97 Å². The number of carbonyl (C=O) groups is 1. The van der Waals surface area contributed by atoms with E-state index >= 15 is 0 Å². The fraction of sp³-hybridized carbons (Fsp3) is 0.600. The molecule has 1 aliphatic carbocycles. The highest BCUT2D eigenvalue weighted by atomic mass is 32.1. The molecular weight excluding hydrogens is 250 g/mol. The molecule has 2 rings (SSSR count). The van der Waals surface area contributed by atoms with Crippen LogP contribution in [0.2, 0.25) is 0 Å². The van der Waals surface area contributed by atoms with Crippen molar-refractivity contribution in [3.05, 3.63) is 10.6 Å². The highest BCUT2D eigenvalue weighted by Gasteiger charge is 2.78. The van der Waals surface area contributed by atoms with Crippen molar-refractivity contribution >= 4 is 22.4 Å². The van der Waals surface area contributed by atoms with Crippen LogP contribution in [0.5, 0.6) is 0 Å². The number of carboxylic acid groups (broad SMARTS) is 1. The van der Waals surface area contributed by atoms with Gasteiger partial charge in [-0.05, 0) is 6.92 Å². The van der Waals surface area contributed by atoms with Crippen LogP contribution in [-0.4, -0.2) is 36.1 Å². The number of nitrogens with zero attached hydrogens (tertiary/aromatic N) is 2. The van der Waals surface area contributed by atoms with E-state index in [1.54, 1.807) is 25.9 Å². The molecule has 0 bridgehead atoms. The van der Waals surface area contributed by atoms with E-state index in [-0.39, 0.29) is 4.88 Å². The van der Waals surface area contributed by atoms with Gasteiger partial charge in [0.15, 0.2) is 10.5 Å². The van der Waals surface area contributed by atoms with Gasteiger partial charge in [-0.1, -0.05) is 0 Å². The molecule has 1 heterocycles. The summed E-state index contributed by atoms with van der Waals surface area (Å²) in [6.45, 7) is 1.57. The molecule has 7 heteroatoms.